The largest absolute Gasteiger partial charge is 0.335 e. The molecule has 5 heteroatoms. The van der Waals surface area contributed by atoms with Crippen molar-refractivity contribution in [2.24, 2.45) is 0 Å². The van der Waals surface area contributed by atoms with Gasteiger partial charge in [0.1, 0.15) is 0 Å². The maximum Gasteiger partial charge on any atom is 0.322 e. The average Bonchev–Trinajstić information content (AvgIpc) is 2.71. The Labute approximate surface area is 85.0 Å². The zero-order chi connectivity index (χ0) is 9.38. The molecule has 0 radical (unpaired) electrons. The molecule has 4 nitrogen and oxygen atoms in total. The summed E-state index contributed by atoms with van der Waals surface area (Å²) in [5, 5.41) is 11.1. The third-order valence-corrected chi connectivity index (χ3v) is 2.79. The zero-order valence-corrected chi connectivity index (χ0v) is 8.25. The van der Waals surface area contributed by atoms with Crippen molar-refractivity contribution in [2.45, 2.75) is 18.9 Å². The van der Waals surface area contributed by atoms with Crippen molar-refractivity contribution in [3.63, 3.8) is 0 Å². The van der Waals surface area contributed by atoms with Gasteiger partial charge in [-0.2, -0.15) is 16.3 Å². The molecule has 1 aliphatic rings. The highest BCUT2D eigenvalue weighted by Gasteiger charge is 2.23. The van der Waals surface area contributed by atoms with Crippen molar-refractivity contribution in [1.82, 2.24) is 10.1 Å². The third kappa shape index (κ3) is 1.50. The Morgan fingerprint density at radius 2 is 2.43 bits per heavy atom. The summed E-state index contributed by atoms with van der Waals surface area (Å²) < 4.78 is 5.07. The second-order valence-corrected chi connectivity index (χ2v) is 4.13. The number of aromatic nitrogens is 2. The number of hydrogen-bond donors (Lipinski definition) is 1. The van der Waals surface area contributed by atoms with Gasteiger partial charge in [-0.1, -0.05) is 5.16 Å². The highest BCUT2D eigenvalue weighted by Crippen LogP contribution is 2.25. The fraction of sp³-hybridized carbons (Fsp3) is 0.333. The van der Waals surface area contributed by atoms with Gasteiger partial charge in [0.2, 0.25) is 5.82 Å². The Morgan fingerprint density at radius 1 is 1.50 bits per heavy atom. The van der Waals surface area contributed by atoms with Crippen molar-refractivity contribution in [2.75, 3.05) is 5.32 Å². The minimum absolute atomic E-state index is 0.536. The average molecular weight is 207 g/mol. The molecular formula is C9H9N3OS. The molecule has 0 amide bonds. The molecule has 1 saturated carbocycles. The maximum absolute atomic E-state index is 5.07. The molecule has 1 aliphatic carbocycles. The summed E-state index contributed by atoms with van der Waals surface area (Å²) in [5.41, 5.74) is 1.02. The molecular weight excluding hydrogens is 198 g/mol. The van der Waals surface area contributed by atoms with Crippen molar-refractivity contribution in [1.29, 1.82) is 0 Å². The van der Waals surface area contributed by atoms with Crippen molar-refractivity contribution in [3.05, 3.63) is 16.8 Å². The lowest BCUT2D eigenvalue weighted by molar-refractivity contribution is 0.432. The van der Waals surface area contributed by atoms with Crippen LogP contribution in [0.1, 0.15) is 12.8 Å². The number of nitrogens with zero attached hydrogens (tertiary/aromatic N) is 2. The fourth-order valence-corrected chi connectivity index (χ4v) is 1.83. The van der Waals surface area contributed by atoms with Crippen molar-refractivity contribution < 1.29 is 4.52 Å². The van der Waals surface area contributed by atoms with Gasteiger partial charge in [0.25, 0.3) is 0 Å². The summed E-state index contributed by atoms with van der Waals surface area (Å²) in [6.07, 6.45) is 2.41. The molecule has 2 heterocycles. The second kappa shape index (κ2) is 3.09. The zero-order valence-electron chi connectivity index (χ0n) is 7.43. The standard InChI is InChI=1S/C9H9N3OS/c1-2-7(1)10-9-11-8(12-13-9)6-3-4-14-5-6/h3-5,7H,1-2H2,(H,10,11,12). The van der Waals surface area contributed by atoms with Crippen LogP contribution in [0.2, 0.25) is 0 Å². The van der Waals surface area contributed by atoms with E-state index in [1.807, 2.05) is 16.8 Å². The highest BCUT2D eigenvalue weighted by molar-refractivity contribution is 7.08. The molecule has 0 aliphatic heterocycles. The summed E-state index contributed by atoms with van der Waals surface area (Å²) in [6, 6.07) is 3.07. The third-order valence-electron chi connectivity index (χ3n) is 2.11. The van der Waals surface area contributed by atoms with Gasteiger partial charge in [-0.05, 0) is 24.3 Å². The van der Waals surface area contributed by atoms with Crippen LogP contribution in [0.15, 0.2) is 21.3 Å². The molecule has 1 N–H and O–H groups in total. The molecule has 1 fully saturated rings. The smallest absolute Gasteiger partial charge is 0.322 e. The molecule has 0 unspecified atom stereocenters. The Morgan fingerprint density at radius 3 is 3.14 bits per heavy atom. The summed E-state index contributed by atoms with van der Waals surface area (Å²) in [4.78, 5) is 4.25. The molecule has 72 valence electrons. The van der Waals surface area contributed by atoms with E-state index >= 15 is 0 Å². The van der Waals surface area contributed by atoms with Gasteiger partial charge in [-0.25, -0.2) is 0 Å². The molecule has 0 spiro atoms. The first-order valence-corrected chi connectivity index (χ1v) is 5.49. The predicted molar refractivity (Wildman–Crippen MR) is 54.3 cm³/mol. The van der Waals surface area contributed by atoms with Crippen LogP contribution in [-0.2, 0) is 0 Å². The maximum atomic E-state index is 5.07. The van der Waals surface area contributed by atoms with Gasteiger partial charge >= 0.3 is 6.01 Å². The fourth-order valence-electron chi connectivity index (χ4n) is 1.19. The summed E-state index contributed by atoms with van der Waals surface area (Å²) in [7, 11) is 0. The lowest BCUT2D eigenvalue weighted by Gasteiger charge is -1.92. The first-order chi connectivity index (χ1) is 6.92. The number of thiophene rings is 1. The number of rotatable bonds is 3. The number of nitrogens with one attached hydrogen (secondary N) is 1. The van der Waals surface area contributed by atoms with E-state index in [4.69, 9.17) is 4.52 Å². The van der Waals surface area contributed by atoms with E-state index in [0.29, 0.717) is 17.9 Å². The van der Waals surface area contributed by atoms with Crippen LogP contribution in [0.5, 0.6) is 0 Å². The van der Waals surface area contributed by atoms with Crippen LogP contribution < -0.4 is 5.32 Å². The quantitative estimate of drug-likeness (QED) is 0.839. The van der Waals surface area contributed by atoms with Gasteiger partial charge in [0.15, 0.2) is 0 Å². The summed E-state index contributed by atoms with van der Waals surface area (Å²) in [6.45, 7) is 0. The SMILES string of the molecule is c1cc(-c2noc(NC3CC3)n2)cs1. The molecule has 3 rings (SSSR count). The van der Waals surface area contributed by atoms with E-state index < -0.39 is 0 Å². The van der Waals surface area contributed by atoms with Crippen molar-refractivity contribution >= 4 is 17.4 Å². The first-order valence-electron chi connectivity index (χ1n) is 4.54. The Balaban J connectivity index is 1.82. The van der Waals surface area contributed by atoms with Gasteiger partial charge < -0.3 is 9.84 Å². The lowest BCUT2D eigenvalue weighted by atomic mass is 10.3. The first kappa shape index (κ1) is 7.99. The van der Waals surface area contributed by atoms with Crippen LogP contribution in [-0.4, -0.2) is 16.2 Å². The molecule has 2 aromatic heterocycles. The Bertz CT molecular complexity index is 419. The molecule has 2 aromatic rings. The van der Waals surface area contributed by atoms with Crippen molar-refractivity contribution in [3.8, 4) is 11.4 Å². The van der Waals surface area contributed by atoms with Gasteiger partial charge in [0.05, 0.1) is 0 Å². The highest BCUT2D eigenvalue weighted by atomic mass is 32.1. The summed E-state index contributed by atoms with van der Waals surface area (Å²) >= 11 is 1.63. The molecule has 0 aromatic carbocycles. The van der Waals surface area contributed by atoms with Gasteiger partial charge in [-0.3, -0.25) is 0 Å². The van der Waals surface area contributed by atoms with E-state index in [9.17, 15) is 0 Å². The van der Waals surface area contributed by atoms with E-state index in [1.54, 1.807) is 11.3 Å². The Kier molecular flexibility index (Phi) is 1.77. The van der Waals surface area contributed by atoms with E-state index in [2.05, 4.69) is 15.5 Å². The normalized spacial score (nSPS) is 15.7. The van der Waals surface area contributed by atoms with Crippen LogP contribution in [0.4, 0.5) is 6.01 Å². The van der Waals surface area contributed by atoms with Crippen LogP contribution in [0, 0.1) is 0 Å². The van der Waals surface area contributed by atoms with Crippen LogP contribution >= 0.6 is 11.3 Å². The Hall–Kier alpha value is -1.36. The minimum atomic E-state index is 0.536. The molecule has 14 heavy (non-hydrogen) atoms. The predicted octanol–water partition coefficient (Wildman–Crippen LogP) is 2.37. The van der Waals surface area contributed by atoms with Gasteiger partial charge in [0, 0.05) is 17.0 Å². The monoisotopic (exact) mass is 207 g/mol. The van der Waals surface area contributed by atoms with Crippen LogP contribution in [0.25, 0.3) is 11.4 Å². The van der Waals surface area contributed by atoms with E-state index in [0.717, 1.165) is 5.56 Å². The summed E-state index contributed by atoms with van der Waals surface area (Å²) in [5.74, 6) is 0.661. The second-order valence-electron chi connectivity index (χ2n) is 3.35. The van der Waals surface area contributed by atoms with Gasteiger partial charge in [-0.15, -0.1) is 0 Å². The van der Waals surface area contributed by atoms with E-state index in [-0.39, 0.29) is 0 Å². The topological polar surface area (TPSA) is 51.0 Å². The van der Waals surface area contributed by atoms with Crippen LogP contribution in [0.3, 0.4) is 0 Å². The van der Waals surface area contributed by atoms with E-state index in [1.165, 1.54) is 12.8 Å². The molecule has 0 saturated heterocycles. The number of anilines is 1. The molecule has 0 bridgehead atoms. The number of hydrogen-bond acceptors (Lipinski definition) is 5. The minimum Gasteiger partial charge on any atom is -0.335 e. The molecule has 0 atom stereocenters. The lowest BCUT2D eigenvalue weighted by Crippen LogP contribution is -2.00.